The summed E-state index contributed by atoms with van der Waals surface area (Å²) in [6, 6.07) is 0. The quantitative estimate of drug-likeness (QED) is 0.640. The molecule has 1 heterocycles. The van der Waals surface area contributed by atoms with Crippen LogP contribution in [0.15, 0.2) is 25.3 Å². The maximum Gasteiger partial charge on any atom is 0.237 e. The van der Waals surface area contributed by atoms with Gasteiger partial charge in [0, 0.05) is 26.2 Å². The lowest BCUT2D eigenvalue weighted by Crippen LogP contribution is -2.40. The summed E-state index contributed by atoms with van der Waals surface area (Å²) in [5, 5.41) is 3.14. The highest BCUT2D eigenvalue weighted by atomic mass is 16.5. The van der Waals surface area contributed by atoms with Crippen molar-refractivity contribution in [1.29, 1.82) is 0 Å². The molecular formula is C13H22N2O2. The zero-order valence-corrected chi connectivity index (χ0v) is 10.4. The summed E-state index contributed by atoms with van der Waals surface area (Å²) >= 11 is 0. The van der Waals surface area contributed by atoms with E-state index in [0.29, 0.717) is 19.6 Å². The monoisotopic (exact) mass is 238 g/mol. The Bertz CT molecular complexity index is 250. The molecule has 1 saturated heterocycles. The highest BCUT2D eigenvalue weighted by molar-refractivity contribution is 5.78. The van der Waals surface area contributed by atoms with Crippen molar-refractivity contribution in [3.63, 3.8) is 0 Å². The second-order valence-electron chi connectivity index (χ2n) is 4.14. The molecule has 1 rings (SSSR count). The van der Waals surface area contributed by atoms with Gasteiger partial charge in [-0.15, -0.1) is 13.2 Å². The predicted molar refractivity (Wildman–Crippen MR) is 68.8 cm³/mol. The Morgan fingerprint density at radius 3 is 2.65 bits per heavy atom. The molecule has 1 amide bonds. The highest BCUT2D eigenvalue weighted by Gasteiger charge is 2.16. The Hall–Kier alpha value is -1.13. The summed E-state index contributed by atoms with van der Waals surface area (Å²) in [7, 11) is 0. The molecule has 1 atom stereocenters. The van der Waals surface area contributed by atoms with Crippen molar-refractivity contribution in [2.24, 2.45) is 0 Å². The minimum atomic E-state index is 0.0720. The summed E-state index contributed by atoms with van der Waals surface area (Å²) in [4.78, 5) is 13.5. The highest BCUT2D eigenvalue weighted by Crippen LogP contribution is 2.10. The lowest BCUT2D eigenvalue weighted by atomic mass is 10.2. The number of rotatable bonds is 8. The Kier molecular flexibility index (Phi) is 6.58. The van der Waals surface area contributed by atoms with E-state index in [9.17, 15) is 4.79 Å². The zero-order valence-electron chi connectivity index (χ0n) is 10.4. The lowest BCUT2D eigenvalue weighted by molar-refractivity contribution is -0.129. The van der Waals surface area contributed by atoms with Gasteiger partial charge in [-0.1, -0.05) is 12.2 Å². The van der Waals surface area contributed by atoms with E-state index in [1.807, 2.05) is 0 Å². The fourth-order valence-electron chi connectivity index (χ4n) is 1.85. The first-order valence-electron chi connectivity index (χ1n) is 6.09. The van der Waals surface area contributed by atoms with Gasteiger partial charge in [0.2, 0.25) is 5.91 Å². The van der Waals surface area contributed by atoms with Gasteiger partial charge in [0.15, 0.2) is 0 Å². The first kappa shape index (κ1) is 13.9. The maximum absolute atomic E-state index is 11.8. The van der Waals surface area contributed by atoms with Crippen LogP contribution in [-0.4, -0.2) is 49.7 Å². The number of amides is 1. The lowest BCUT2D eigenvalue weighted by Gasteiger charge is -2.20. The zero-order chi connectivity index (χ0) is 12.5. The fraction of sp³-hybridized carbons (Fsp3) is 0.615. The minimum Gasteiger partial charge on any atom is -0.377 e. The van der Waals surface area contributed by atoms with E-state index in [-0.39, 0.29) is 12.0 Å². The van der Waals surface area contributed by atoms with Crippen LogP contribution < -0.4 is 5.32 Å². The van der Waals surface area contributed by atoms with Gasteiger partial charge < -0.3 is 15.0 Å². The van der Waals surface area contributed by atoms with Crippen LogP contribution in [0.1, 0.15) is 12.8 Å². The third kappa shape index (κ3) is 5.15. The van der Waals surface area contributed by atoms with E-state index in [1.165, 1.54) is 0 Å². The molecule has 1 aliphatic heterocycles. The van der Waals surface area contributed by atoms with E-state index in [1.54, 1.807) is 17.1 Å². The van der Waals surface area contributed by atoms with E-state index >= 15 is 0 Å². The number of carbonyl (C=O) groups is 1. The average molecular weight is 238 g/mol. The van der Waals surface area contributed by atoms with Crippen LogP contribution in [0.2, 0.25) is 0 Å². The number of nitrogens with one attached hydrogen (secondary N) is 1. The minimum absolute atomic E-state index is 0.0720. The second-order valence-corrected chi connectivity index (χ2v) is 4.14. The predicted octanol–water partition coefficient (Wildman–Crippen LogP) is 0.956. The van der Waals surface area contributed by atoms with Gasteiger partial charge in [-0.25, -0.2) is 0 Å². The summed E-state index contributed by atoms with van der Waals surface area (Å²) in [5.74, 6) is 0.0720. The van der Waals surface area contributed by atoms with Gasteiger partial charge in [-0.3, -0.25) is 4.79 Å². The number of hydrogen-bond donors (Lipinski definition) is 1. The molecule has 0 spiro atoms. The van der Waals surface area contributed by atoms with E-state index in [4.69, 9.17) is 4.74 Å². The summed E-state index contributed by atoms with van der Waals surface area (Å²) in [6.45, 7) is 10.4. The van der Waals surface area contributed by atoms with Crippen molar-refractivity contribution in [2.45, 2.75) is 18.9 Å². The van der Waals surface area contributed by atoms with Crippen LogP contribution in [0.4, 0.5) is 0 Å². The maximum atomic E-state index is 11.8. The molecule has 4 heteroatoms. The Morgan fingerprint density at radius 2 is 2.12 bits per heavy atom. The van der Waals surface area contributed by atoms with Gasteiger partial charge >= 0.3 is 0 Å². The summed E-state index contributed by atoms with van der Waals surface area (Å²) in [5.41, 5.74) is 0. The van der Waals surface area contributed by atoms with Crippen molar-refractivity contribution >= 4 is 5.91 Å². The van der Waals surface area contributed by atoms with Crippen molar-refractivity contribution in [3.05, 3.63) is 25.3 Å². The molecule has 1 fully saturated rings. The molecule has 4 nitrogen and oxygen atoms in total. The van der Waals surface area contributed by atoms with Crippen molar-refractivity contribution < 1.29 is 9.53 Å². The number of carbonyl (C=O) groups excluding carboxylic acids is 1. The average Bonchev–Trinajstić information content (AvgIpc) is 2.81. The van der Waals surface area contributed by atoms with Crippen LogP contribution >= 0.6 is 0 Å². The molecule has 0 aromatic heterocycles. The molecule has 0 bridgehead atoms. The topological polar surface area (TPSA) is 41.6 Å². The van der Waals surface area contributed by atoms with Gasteiger partial charge in [0.05, 0.1) is 12.6 Å². The largest absolute Gasteiger partial charge is 0.377 e. The van der Waals surface area contributed by atoms with Gasteiger partial charge in [0.1, 0.15) is 0 Å². The summed E-state index contributed by atoms with van der Waals surface area (Å²) < 4.78 is 5.47. The number of ether oxygens (including phenoxy) is 1. The molecule has 0 aromatic carbocycles. The van der Waals surface area contributed by atoms with Crippen LogP contribution in [0.3, 0.4) is 0 Å². The fourth-order valence-corrected chi connectivity index (χ4v) is 1.85. The first-order chi connectivity index (χ1) is 8.27. The number of nitrogens with zero attached hydrogens (tertiary/aromatic N) is 1. The number of hydrogen-bond acceptors (Lipinski definition) is 3. The Labute approximate surface area is 103 Å². The van der Waals surface area contributed by atoms with Crippen LogP contribution in [0.5, 0.6) is 0 Å². The molecule has 0 aromatic rings. The molecule has 96 valence electrons. The van der Waals surface area contributed by atoms with Crippen LogP contribution in [0.25, 0.3) is 0 Å². The van der Waals surface area contributed by atoms with E-state index in [2.05, 4.69) is 18.5 Å². The molecular weight excluding hydrogens is 216 g/mol. The molecule has 1 unspecified atom stereocenters. The van der Waals surface area contributed by atoms with Crippen molar-refractivity contribution in [1.82, 2.24) is 10.2 Å². The van der Waals surface area contributed by atoms with Crippen molar-refractivity contribution in [3.8, 4) is 0 Å². The third-order valence-corrected chi connectivity index (χ3v) is 2.72. The van der Waals surface area contributed by atoms with Crippen LogP contribution in [-0.2, 0) is 9.53 Å². The van der Waals surface area contributed by atoms with Gasteiger partial charge in [-0.2, -0.15) is 0 Å². The molecule has 0 radical (unpaired) electrons. The smallest absolute Gasteiger partial charge is 0.237 e. The van der Waals surface area contributed by atoms with Crippen molar-refractivity contribution in [2.75, 3.05) is 32.8 Å². The molecule has 0 aliphatic carbocycles. The van der Waals surface area contributed by atoms with Crippen LogP contribution in [0, 0.1) is 0 Å². The summed E-state index contributed by atoms with van der Waals surface area (Å²) in [6.07, 6.45) is 5.93. The Morgan fingerprint density at radius 1 is 1.41 bits per heavy atom. The van der Waals surface area contributed by atoms with Gasteiger partial charge in [-0.05, 0) is 12.8 Å². The molecule has 17 heavy (non-hydrogen) atoms. The molecule has 0 saturated carbocycles. The van der Waals surface area contributed by atoms with E-state index < -0.39 is 0 Å². The Balaban J connectivity index is 2.20. The SMILES string of the molecule is C=CCN(CC=C)C(=O)CNCC1CCCO1. The first-order valence-corrected chi connectivity index (χ1v) is 6.09. The van der Waals surface area contributed by atoms with Gasteiger partial charge in [0.25, 0.3) is 0 Å². The second kappa shape index (κ2) is 8.03. The normalized spacial score (nSPS) is 18.9. The third-order valence-electron chi connectivity index (χ3n) is 2.72. The molecule has 1 aliphatic rings. The van der Waals surface area contributed by atoms with E-state index in [0.717, 1.165) is 26.0 Å². The standard InChI is InChI=1S/C13H22N2O2/c1-3-7-15(8-4-2)13(16)11-14-10-12-6-5-9-17-12/h3-4,12,14H,1-2,5-11H2. The molecule has 1 N–H and O–H groups in total.